The van der Waals surface area contributed by atoms with Gasteiger partial charge in [0.05, 0.1) is 68.3 Å². The minimum Gasteiger partial charge on any atom is -0.308 e. The third-order valence-electron chi connectivity index (χ3n) is 17.5. The average molecular weight is 1170 g/mol. The van der Waals surface area contributed by atoms with Crippen LogP contribution in [0.1, 0.15) is 16.7 Å². The van der Waals surface area contributed by atoms with Gasteiger partial charge in [0.15, 0.2) is 17.5 Å². The number of benzene rings is 13. The molecule has 0 atom stereocenters. The summed E-state index contributed by atoms with van der Waals surface area (Å²) in [5.74, 6) is 1.12. The molecule has 426 valence electrons. The average Bonchev–Trinajstić information content (AvgIpc) is 1.56. The van der Waals surface area contributed by atoms with Crippen LogP contribution >= 0.6 is 0 Å². The van der Waals surface area contributed by atoms with E-state index in [2.05, 4.69) is 221 Å². The molecule has 0 radical (unpaired) electrons. The van der Waals surface area contributed by atoms with Crippen molar-refractivity contribution >= 4 is 43.6 Å². The lowest BCUT2D eigenvalue weighted by atomic mass is 9.97. The van der Waals surface area contributed by atoms with E-state index in [-0.39, 0.29) is 0 Å². The topological polar surface area (TPSA) is 120 Å². The second kappa shape index (κ2) is 22.9. The molecule has 8 heteroatoms. The molecule has 0 spiro atoms. The highest BCUT2D eigenvalue weighted by atomic mass is 15.1. The zero-order valence-corrected chi connectivity index (χ0v) is 49.4. The van der Waals surface area contributed by atoms with Crippen LogP contribution in [0.5, 0.6) is 0 Å². The lowest BCUT2D eigenvalue weighted by Gasteiger charge is -2.18. The molecule has 0 N–H and O–H groups in total. The van der Waals surface area contributed by atoms with Gasteiger partial charge >= 0.3 is 0 Å². The molecule has 0 aliphatic heterocycles. The summed E-state index contributed by atoms with van der Waals surface area (Å²) in [4.78, 5) is 16.6. The number of fused-ring (bicyclic) bond motifs is 6. The molecule has 0 aliphatic rings. The van der Waals surface area contributed by atoms with Crippen LogP contribution in [0.25, 0.3) is 156 Å². The van der Waals surface area contributed by atoms with E-state index in [1.165, 1.54) is 0 Å². The van der Waals surface area contributed by atoms with E-state index < -0.39 is 0 Å². The van der Waals surface area contributed by atoms with Crippen molar-refractivity contribution in [2.75, 3.05) is 0 Å². The largest absolute Gasteiger partial charge is 0.308 e. The van der Waals surface area contributed by atoms with Crippen molar-refractivity contribution in [3.63, 3.8) is 0 Å². The maximum absolute atomic E-state index is 10.6. The Labute approximate surface area is 531 Å². The maximum atomic E-state index is 10.6. The number of nitriles is 3. The minimum atomic E-state index is 0.362. The van der Waals surface area contributed by atoms with E-state index >= 15 is 0 Å². The normalized spacial score (nSPS) is 11.2. The molecular weight excluding hydrogens is 1120 g/mol. The lowest BCUT2D eigenvalue weighted by Crippen LogP contribution is -2.06. The van der Waals surface area contributed by atoms with Gasteiger partial charge in [-0.05, 0) is 164 Å². The summed E-state index contributed by atoms with van der Waals surface area (Å²) in [6.45, 7) is 0. The van der Waals surface area contributed by atoms with E-state index in [1.807, 2.05) is 103 Å². The van der Waals surface area contributed by atoms with Gasteiger partial charge in [-0.3, -0.25) is 0 Å². The molecule has 16 rings (SSSR count). The molecule has 0 saturated heterocycles. The highest BCUT2D eigenvalue weighted by Gasteiger charge is 2.25. The molecule has 3 heterocycles. The number of nitrogens with zero attached hydrogens (tertiary/aromatic N) is 8. The highest BCUT2D eigenvalue weighted by molar-refractivity contribution is 6.14. The first kappa shape index (κ1) is 54.3. The number of rotatable bonds is 11. The first-order valence-corrected chi connectivity index (χ1v) is 30.4. The Balaban J connectivity index is 0.996. The molecule has 8 nitrogen and oxygen atoms in total. The van der Waals surface area contributed by atoms with Gasteiger partial charge in [-0.15, -0.1) is 0 Å². The third kappa shape index (κ3) is 9.60. The summed E-state index contributed by atoms with van der Waals surface area (Å²) in [5, 5.41) is 35.9. The van der Waals surface area contributed by atoms with E-state index in [0.717, 1.165) is 122 Å². The van der Waals surface area contributed by atoms with Gasteiger partial charge in [-0.25, -0.2) is 15.0 Å². The van der Waals surface area contributed by atoms with Crippen LogP contribution in [0.4, 0.5) is 0 Å². The Hall–Kier alpha value is -13.1. The van der Waals surface area contributed by atoms with Crippen LogP contribution in [0, 0.1) is 34.0 Å². The van der Waals surface area contributed by atoms with Crippen molar-refractivity contribution in [2.24, 2.45) is 0 Å². The standard InChI is InChI=1S/C84H50N8/c85-51-54-18-17-29-65(44-54)82-88-83(70-38-32-63(68-30-15-13-27-66(68)52-86)49-80(70)91-76-40-34-59(55-19-5-1-6-20-55)45-72(76)73-46-60(35-41-77(73)91)56-21-7-2-8-22-56)90-84(89-82)71-39-33-64(69-31-16-14-28-67(69)53-87)50-81(71)92-78-42-36-61(57-23-9-3-10-24-57)47-74(78)75-48-62(37-43-79(75)92)58-25-11-4-12-26-58/h1-50H. The Kier molecular flexibility index (Phi) is 13.5. The first-order chi connectivity index (χ1) is 45.5. The Morgan fingerprint density at radius 2 is 0.554 bits per heavy atom. The van der Waals surface area contributed by atoms with Crippen LogP contribution in [0.3, 0.4) is 0 Å². The van der Waals surface area contributed by atoms with Crippen molar-refractivity contribution < 1.29 is 0 Å². The molecule has 0 saturated carbocycles. The summed E-state index contributed by atoms with van der Waals surface area (Å²) in [5.41, 5.74) is 20.9. The molecule has 16 aromatic rings. The molecular formula is C84H50N8. The van der Waals surface area contributed by atoms with Crippen molar-refractivity contribution in [1.82, 2.24) is 24.1 Å². The van der Waals surface area contributed by atoms with Gasteiger partial charge in [0.2, 0.25) is 0 Å². The van der Waals surface area contributed by atoms with Gasteiger partial charge in [0.1, 0.15) is 0 Å². The number of hydrogen-bond acceptors (Lipinski definition) is 6. The Morgan fingerprint density at radius 3 is 0.913 bits per heavy atom. The quantitative estimate of drug-likeness (QED) is 0.127. The summed E-state index contributed by atoms with van der Waals surface area (Å²) in [6, 6.07) is 111. The first-order valence-electron chi connectivity index (χ1n) is 30.4. The van der Waals surface area contributed by atoms with E-state index in [9.17, 15) is 15.8 Å². The molecule has 0 aliphatic carbocycles. The van der Waals surface area contributed by atoms with Gasteiger partial charge in [-0.2, -0.15) is 15.8 Å². The smallest absolute Gasteiger partial charge is 0.166 e. The van der Waals surface area contributed by atoms with Crippen molar-refractivity contribution in [3.05, 3.63) is 320 Å². The van der Waals surface area contributed by atoms with E-state index in [4.69, 9.17) is 15.0 Å². The summed E-state index contributed by atoms with van der Waals surface area (Å²) >= 11 is 0. The zero-order valence-electron chi connectivity index (χ0n) is 49.4. The fourth-order valence-electron chi connectivity index (χ4n) is 13.1. The second-order valence-electron chi connectivity index (χ2n) is 22.8. The van der Waals surface area contributed by atoms with Gasteiger partial charge < -0.3 is 9.13 Å². The summed E-state index contributed by atoms with van der Waals surface area (Å²) in [6.07, 6.45) is 0. The summed E-state index contributed by atoms with van der Waals surface area (Å²) < 4.78 is 4.61. The van der Waals surface area contributed by atoms with Crippen LogP contribution < -0.4 is 0 Å². The zero-order chi connectivity index (χ0) is 61.7. The van der Waals surface area contributed by atoms with Crippen LogP contribution in [0.15, 0.2) is 303 Å². The molecule has 0 bridgehead atoms. The maximum Gasteiger partial charge on any atom is 0.166 e. The number of hydrogen-bond donors (Lipinski definition) is 0. The van der Waals surface area contributed by atoms with Gasteiger partial charge in [-0.1, -0.05) is 206 Å². The van der Waals surface area contributed by atoms with Gasteiger partial charge in [0, 0.05) is 38.2 Å². The molecule has 3 aromatic heterocycles. The number of aromatic nitrogens is 5. The predicted molar refractivity (Wildman–Crippen MR) is 372 cm³/mol. The lowest BCUT2D eigenvalue weighted by molar-refractivity contribution is 1.06. The molecule has 13 aromatic carbocycles. The third-order valence-corrected chi connectivity index (χ3v) is 17.5. The van der Waals surface area contributed by atoms with Crippen molar-refractivity contribution in [3.8, 4) is 131 Å². The van der Waals surface area contributed by atoms with Crippen LogP contribution in [0.2, 0.25) is 0 Å². The summed E-state index contributed by atoms with van der Waals surface area (Å²) in [7, 11) is 0. The van der Waals surface area contributed by atoms with Crippen molar-refractivity contribution in [2.45, 2.75) is 0 Å². The molecule has 92 heavy (non-hydrogen) atoms. The highest BCUT2D eigenvalue weighted by Crippen LogP contribution is 2.45. The van der Waals surface area contributed by atoms with E-state index in [0.29, 0.717) is 50.9 Å². The minimum absolute atomic E-state index is 0.362. The van der Waals surface area contributed by atoms with E-state index in [1.54, 1.807) is 6.07 Å². The molecule has 0 amide bonds. The van der Waals surface area contributed by atoms with Crippen LogP contribution in [-0.4, -0.2) is 24.1 Å². The monoisotopic (exact) mass is 1170 g/mol. The van der Waals surface area contributed by atoms with Crippen molar-refractivity contribution in [1.29, 1.82) is 15.8 Å². The fourth-order valence-corrected chi connectivity index (χ4v) is 13.1. The molecule has 0 fully saturated rings. The van der Waals surface area contributed by atoms with Gasteiger partial charge in [0.25, 0.3) is 0 Å². The second-order valence-corrected chi connectivity index (χ2v) is 22.8. The SMILES string of the molecule is N#Cc1cccc(-c2nc(-c3ccc(-c4ccccc4C#N)cc3-n3c4ccc(-c5ccccc5)cc4c4cc(-c5ccccc5)ccc43)nc(-c3ccc(-c4ccccc4C#N)cc3-n3c4ccc(-c5ccccc5)cc4c4cc(-c5ccccc5)ccc43)n2)c1. The predicted octanol–water partition coefficient (Wildman–Crippen LogP) is 20.7. The Morgan fingerprint density at radius 1 is 0.228 bits per heavy atom. The van der Waals surface area contributed by atoms with Crippen LogP contribution in [-0.2, 0) is 0 Å². The fraction of sp³-hybridized carbons (Fsp3) is 0. The molecule has 0 unspecified atom stereocenters. The Bertz CT molecular complexity index is 5210.